The maximum Gasteiger partial charge on any atom is 0.391 e. The molecule has 0 aliphatic heterocycles. The Morgan fingerprint density at radius 2 is 1.69 bits per heavy atom. The van der Waals surface area contributed by atoms with Gasteiger partial charge >= 0.3 is 15.0 Å². The van der Waals surface area contributed by atoms with Crippen molar-refractivity contribution < 1.29 is 23.1 Å². The van der Waals surface area contributed by atoms with Crippen LogP contribution in [0, 0.1) is 0 Å². The average Bonchev–Trinajstić information content (AvgIpc) is 1.80. The van der Waals surface area contributed by atoms with Crippen molar-refractivity contribution in [1.82, 2.24) is 0 Å². The lowest BCUT2D eigenvalue weighted by Crippen LogP contribution is -2.16. The largest absolute Gasteiger partial charge is 0.550 e. The number of carbonyl (C=O) groups excluding carboxylic acids is 1. The third kappa shape index (κ3) is 34.4. The fourth-order valence-corrected chi connectivity index (χ4v) is 1.18. The zero-order valence-corrected chi connectivity index (χ0v) is 8.86. The molecule has 78 valence electrons. The summed E-state index contributed by atoms with van der Waals surface area (Å²) in [7, 11) is -0.688. The molecule has 0 atom stereocenters. The van der Waals surface area contributed by atoms with E-state index in [1.54, 1.807) is 0 Å². The number of rotatable bonds is 2. The first-order chi connectivity index (χ1) is 5.65. The predicted octanol–water partition coefficient (Wildman–Crippen LogP) is 1.45. The average molecular weight is 214 g/mol. The van der Waals surface area contributed by atoms with Gasteiger partial charge in [0, 0.05) is 5.97 Å². The van der Waals surface area contributed by atoms with Crippen molar-refractivity contribution in [2.24, 2.45) is 0 Å². The van der Waals surface area contributed by atoms with Crippen LogP contribution in [-0.4, -0.2) is 20.9 Å². The normalized spacial score (nSPS) is 10.0. The van der Waals surface area contributed by atoms with Gasteiger partial charge in [0.1, 0.15) is 0 Å². The van der Waals surface area contributed by atoms with E-state index in [1.165, 1.54) is 0 Å². The van der Waals surface area contributed by atoms with Crippen LogP contribution < -0.4 is 5.11 Å². The van der Waals surface area contributed by atoms with Crippen molar-refractivity contribution in [3.8, 4) is 0 Å². The molecule has 0 N–H and O–H groups in total. The van der Waals surface area contributed by atoms with E-state index in [9.17, 15) is 13.2 Å². The molecule has 0 heterocycles. The van der Waals surface area contributed by atoms with Crippen LogP contribution in [-0.2, 0) is 4.79 Å². The monoisotopic (exact) mass is 214 g/mol. The molecule has 13 heavy (non-hydrogen) atoms. The van der Waals surface area contributed by atoms with Crippen molar-refractivity contribution >= 4 is 14.8 Å². The smallest absolute Gasteiger partial charge is 0.391 e. The Morgan fingerprint density at radius 3 is 1.77 bits per heavy atom. The van der Waals surface area contributed by atoms with E-state index in [0.29, 0.717) is 6.04 Å². The van der Waals surface area contributed by atoms with Crippen LogP contribution in [0.1, 0.15) is 13.3 Å². The Hall–Kier alpha value is -0.523. The highest BCUT2D eigenvalue weighted by Crippen LogP contribution is 2.22. The van der Waals surface area contributed by atoms with Crippen LogP contribution in [0.15, 0.2) is 0 Å². The van der Waals surface area contributed by atoms with Crippen molar-refractivity contribution in [2.75, 3.05) is 0 Å². The Labute approximate surface area is 77.4 Å². The summed E-state index contributed by atoms with van der Waals surface area (Å²) in [6, 6.07) is 0.341. The number of hydrogen-bond acceptors (Lipinski definition) is 2. The van der Waals surface area contributed by atoms with E-state index in [2.05, 4.69) is 0 Å². The molecule has 0 aromatic rings. The minimum Gasteiger partial charge on any atom is -0.550 e. The van der Waals surface area contributed by atoms with E-state index in [1.807, 2.05) is 13.1 Å². The molecule has 0 aliphatic carbocycles. The van der Waals surface area contributed by atoms with Gasteiger partial charge in [-0.05, 0) is 6.92 Å². The Bertz CT molecular complexity index is 141. The molecule has 0 saturated heterocycles. The second kappa shape index (κ2) is 6.94. The Morgan fingerprint density at radius 1 is 1.38 bits per heavy atom. The first-order valence-corrected chi connectivity index (χ1v) is 6.39. The number of carboxylic acids is 1. The molecule has 2 nitrogen and oxygen atoms in total. The molecule has 0 spiro atoms. The summed E-state index contributed by atoms with van der Waals surface area (Å²) >= 11 is 0. The van der Waals surface area contributed by atoms with Gasteiger partial charge in [-0.25, -0.2) is 0 Å². The van der Waals surface area contributed by atoms with Gasteiger partial charge in [0.15, 0.2) is 0 Å². The highest BCUT2D eigenvalue weighted by atomic mass is 28.3. The molecule has 0 aromatic heterocycles. The van der Waals surface area contributed by atoms with Gasteiger partial charge in [-0.1, -0.05) is 0 Å². The van der Waals surface area contributed by atoms with Gasteiger partial charge in [-0.15, -0.1) is 0 Å². The molecule has 0 unspecified atom stereocenters. The topological polar surface area (TPSA) is 40.1 Å². The summed E-state index contributed by atoms with van der Waals surface area (Å²) in [6.07, 6.45) is -4.55. The standard InChI is InChI=1S/C5H10F3Si.C2H4O2/c1-9(2)4-3-5(6,7)8;1-2(3)4/h3-4H2,1-2H3;1H3,(H,3,4)/q+1;/p-1. The summed E-state index contributed by atoms with van der Waals surface area (Å²) in [4.78, 5) is 8.89. The Kier molecular flexibility index (Phi) is 7.99. The van der Waals surface area contributed by atoms with Gasteiger partial charge in [-0.3, -0.25) is 0 Å². The first-order valence-electron chi connectivity index (χ1n) is 3.68. The number of carbonyl (C=O) groups is 1. The van der Waals surface area contributed by atoms with Crippen molar-refractivity contribution in [3.63, 3.8) is 0 Å². The van der Waals surface area contributed by atoms with Crippen LogP contribution in [0.5, 0.6) is 0 Å². The van der Waals surface area contributed by atoms with E-state index in [-0.39, 0.29) is 0 Å². The van der Waals surface area contributed by atoms with Crippen molar-refractivity contribution in [3.05, 3.63) is 0 Å². The lowest BCUT2D eigenvalue weighted by Gasteiger charge is -2.00. The molecule has 0 radical (unpaired) electrons. The summed E-state index contributed by atoms with van der Waals surface area (Å²) < 4.78 is 34.3. The summed E-state index contributed by atoms with van der Waals surface area (Å²) in [5, 5.41) is 8.89. The lowest BCUT2D eigenvalue weighted by atomic mass is 10.5. The summed E-state index contributed by atoms with van der Waals surface area (Å²) in [5.41, 5.74) is 0. The van der Waals surface area contributed by atoms with Gasteiger partial charge in [0.2, 0.25) is 0 Å². The summed E-state index contributed by atoms with van der Waals surface area (Å²) in [6.45, 7) is 4.74. The van der Waals surface area contributed by atoms with E-state index < -0.39 is 27.4 Å². The molecule has 0 amide bonds. The molecule has 0 saturated carbocycles. The zero-order valence-electron chi connectivity index (χ0n) is 7.86. The maximum atomic E-state index is 11.4. The number of aliphatic carboxylic acids is 1. The SMILES string of the molecule is CC(=O)[O-].C[Si+](C)CCC(F)(F)F. The predicted molar refractivity (Wildman–Crippen MR) is 43.6 cm³/mol. The van der Waals surface area contributed by atoms with Crippen molar-refractivity contribution in [1.29, 1.82) is 0 Å². The molecular weight excluding hydrogens is 201 g/mol. The van der Waals surface area contributed by atoms with Crippen LogP contribution in [0.25, 0.3) is 0 Å². The number of carboxylic acid groups (broad SMARTS) is 1. The molecule has 0 bridgehead atoms. The number of alkyl halides is 3. The van der Waals surface area contributed by atoms with Gasteiger partial charge in [-0.2, -0.15) is 13.2 Å². The minimum absolute atomic E-state index is 0.341. The molecule has 0 aliphatic rings. The van der Waals surface area contributed by atoms with Crippen LogP contribution in [0.4, 0.5) is 13.2 Å². The Balaban J connectivity index is 0. The highest BCUT2D eigenvalue weighted by molar-refractivity contribution is 6.55. The van der Waals surface area contributed by atoms with Crippen LogP contribution in [0.3, 0.4) is 0 Å². The van der Waals surface area contributed by atoms with Crippen LogP contribution in [0.2, 0.25) is 19.1 Å². The van der Waals surface area contributed by atoms with E-state index in [4.69, 9.17) is 9.90 Å². The summed E-state index contributed by atoms with van der Waals surface area (Å²) in [5.74, 6) is -1.08. The third-order valence-electron chi connectivity index (χ3n) is 0.908. The molecular formula is C7H13F3O2Si. The zero-order chi connectivity index (χ0) is 11.1. The van der Waals surface area contributed by atoms with Gasteiger partial charge in [0.05, 0.1) is 25.6 Å². The minimum atomic E-state index is -3.94. The highest BCUT2D eigenvalue weighted by Gasteiger charge is 2.30. The van der Waals surface area contributed by atoms with Gasteiger partial charge in [0.25, 0.3) is 0 Å². The van der Waals surface area contributed by atoms with Crippen molar-refractivity contribution in [2.45, 2.75) is 38.7 Å². The van der Waals surface area contributed by atoms with Crippen LogP contribution >= 0.6 is 0 Å². The number of hydrogen-bond donors (Lipinski definition) is 0. The fraction of sp³-hybridized carbons (Fsp3) is 0.857. The quantitative estimate of drug-likeness (QED) is 0.653. The molecule has 0 fully saturated rings. The first kappa shape index (κ1) is 15.0. The van der Waals surface area contributed by atoms with Gasteiger partial charge < -0.3 is 9.90 Å². The second-order valence-electron chi connectivity index (χ2n) is 2.81. The lowest BCUT2D eigenvalue weighted by molar-refractivity contribution is -0.302. The molecule has 6 heteroatoms. The third-order valence-corrected chi connectivity index (χ3v) is 2.16. The van der Waals surface area contributed by atoms with E-state index in [0.717, 1.165) is 6.92 Å². The molecule has 0 aromatic carbocycles. The maximum absolute atomic E-state index is 11.4. The fourth-order valence-electron chi connectivity index (χ4n) is 0.392. The number of halogens is 3. The molecule has 0 rings (SSSR count). The van der Waals surface area contributed by atoms with E-state index >= 15 is 0 Å². The second-order valence-corrected chi connectivity index (χ2v) is 5.73.